The van der Waals surface area contributed by atoms with Crippen LogP contribution in [-0.2, 0) is 0 Å². The van der Waals surface area contributed by atoms with Crippen molar-refractivity contribution in [2.45, 2.75) is 0 Å². The van der Waals surface area contributed by atoms with Crippen molar-refractivity contribution in [3.63, 3.8) is 0 Å². The standard InChI is InChI=1S/C23H13N/c1-2-8-16-15(5-1)13-20-17-9-3-6-14-7-4-10-19(21(14)17)23-22(20)18(16)11-12-24-23/h1-13H. The van der Waals surface area contributed by atoms with Crippen molar-refractivity contribution < 1.29 is 0 Å². The SMILES string of the molecule is c1ccc2c(c1)cc1c3cccc4cccc(c5nccc2c15)c43. The molecular weight excluding hydrogens is 290 g/mol. The zero-order valence-corrected chi connectivity index (χ0v) is 13.0. The molecule has 0 unspecified atom stereocenters. The van der Waals surface area contributed by atoms with Crippen molar-refractivity contribution in [3.05, 3.63) is 79.0 Å². The molecule has 1 heteroatoms. The lowest BCUT2D eigenvalue weighted by Gasteiger charge is -2.15. The maximum Gasteiger partial charge on any atom is 0.0793 e. The fourth-order valence-corrected chi connectivity index (χ4v) is 4.23. The monoisotopic (exact) mass is 303 g/mol. The molecule has 0 fully saturated rings. The molecule has 0 atom stereocenters. The second-order valence-electron chi connectivity index (χ2n) is 6.44. The third-order valence-corrected chi connectivity index (χ3v) is 5.22. The van der Waals surface area contributed by atoms with Crippen LogP contribution in [0, 0.1) is 0 Å². The fraction of sp³-hybridized carbons (Fsp3) is 0. The maximum atomic E-state index is 4.77. The molecule has 0 aliphatic heterocycles. The Bertz CT molecular complexity index is 1390. The number of nitrogens with zero attached hydrogens (tertiary/aromatic N) is 1. The first-order valence-electron chi connectivity index (χ1n) is 8.25. The molecule has 24 heavy (non-hydrogen) atoms. The summed E-state index contributed by atoms with van der Waals surface area (Å²) in [6, 6.07) is 26.2. The lowest BCUT2D eigenvalue weighted by molar-refractivity contribution is 1.44. The highest BCUT2D eigenvalue weighted by Crippen LogP contribution is 2.41. The van der Waals surface area contributed by atoms with Gasteiger partial charge in [-0.05, 0) is 49.8 Å². The zero-order chi connectivity index (χ0) is 15.7. The third kappa shape index (κ3) is 1.38. The van der Waals surface area contributed by atoms with Crippen LogP contribution in [0.1, 0.15) is 0 Å². The normalized spacial score (nSPS) is 12.2. The van der Waals surface area contributed by atoms with Gasteiger partial charge in [0.2, 0.25) is 0 Å². The van der Waals surface area contributed by atoms with Crippen LogP contribution in [0.3, 0.4) is 0 Å². The maximum absolute atomic E-state index is 4.77. The second kappa shape index (κ2) is 4.21. The first-order chi connectivity index (χ1) is 11.9. The van der Waals surface area contributed by atoms with Gasteiger partial charge in [0.05, 0.1) is 5.52 Å². The van der Waals surface area contributed by atoms with Crippen molar-refractivity contribution in [1.82, 2.24) is 4.98 Å². The molecule has 1 aromatic heterocycles. The number of fused-ring (bicyclic) bond motifs is 4. The number of rotatable bonds is 0. The van der Waals surface area contributed by atoms with Crippen LogP contribution in [0.2, 0.25) is 0 Å². The minimum absolute atomic E-state index is 1.11. The van der Waals surface area contributed by atoms with Crippen LogP contribution in [-0.4, -0.2) is 4.98 Å². The highest BCUT2D eigenvalue weighted by atomic mass is 14.7. The van der Waals surface area contributed by atoms with Crippen LogP contribution >= 0.6 is 0 Å². The van der Waals surface area contributed by atoms with E-state index in [0.29, 0.717) is 0 Å². The summed E-state index contributed by atoms with van der Waals surface area (Å²) in [6.45, 7) is 0. The topological polar surface area (TPSA) is 12.9 Å². The van der Waals surface area contributed by atoms with Crippen molar-refractivity contribution in [2.75, 3.05) is 0 Å². The molecule has 110 valence electrons. The average Bonchev–Trinajstić information content (AvgIpc) is 2.65. The van der Waals surface area contributed by atoms with E-state index in [1.807, 2.05) is 6.20 Å². The molecule has 6 aromatic rings. The smallest absolute Gasteiger partial charge is 0.0793 e. The summed E-state index contributed by atoms with van der Waals surface area (Å²) in [6.07, 6.45) is 1.95. The number of hydrogen-bond donors (Lipinski definition) is 0. The molecule has 0 bridgehead atoms. The molecule has 0 saturated heterocycles. The summed E-state index contributed by atoms with van der Waals surface area (Å²) in [5.74, 6) is 0. The van der Waals surface area contributed by atoms with Gasteiger partial charge in [0.25, 0.3) is 0 Å². The molecule has 0 spiro atoms. The first kappa shape index (κ1) is 12.3. The number of hydrogen-bond acceptors (Lipinski definition) is 1. The minimum Gasteiger partial charge on any atom is -0.256 e. The van der Waals surface area contributed by atoms with E-state index in [0.717, 1.165) is 5.52 Å². The van der Waals surface area contributed by atoms with Crippen LogP contribution in [0.25, 0.3) is 54.0 Å². The molecule has 0 radical (unpaired) electrons. The summed E-state index contributed by atoms with van der Waals surface area (Å²) in [4.78, 5) is 4.77. The molecule has 0 aliphatic carbocycles. The van der Waals surface area contributed by atoms with E-state index in [-0.39, 0.29) is 0 Å². The molecular formula is C23H13N. The van der Waals surface area contributed by atoms with Gasteiger partial charge in [-0.3, -0.25) is 4.98 Å². The lowest BCUT2D eigenvalue weighted by atomic mass is 9.90. The van der Waals surface area contributed by atoms with Crippen molar-refractivity contribution in [2.24, 2.45) is 0 Å². The summed E-state index contributed by atoms with van der Waals surface area (Å²) >= 11 is 0. The number of aromatic nitrogens is 1. The molecule has 0 amide bonds. The van der Waals surface area contributed by atoms with Crippen LogP contribution < -0.4 is 0 Å². The summed E-state index contributed by atoms with van der Waals surface area (Å²) in [5, 5.41) is 11.6. The highest BCUT2D eigenvalue weighted by molar-refractivity contribution is 6.35. The lowest BCUT2D eigenvalue weighted by Crippen LogP contribution is -1.89. The van der Waals surface area contributed by atoms with E-state index in [9.17, 15) is 0 Å². The average molecular weight is 303 g/mol. The van der Waals surface area contributed by atoms with E-state index in [1.165, 1.54) is 48.5 Å². The van der Waals surface area contributed by atoms with Crippen molar-refractivity contribution in [3.8, 4) is 0 Å². The number of pyridine rings is 1. The quantitative estimate of drug-likeness (QED) is 0.237. The van der Waals surface area contributed by atoms with Gasteiger partial charge in [0, 0.05) is 17.0 Å². The van der Waals surface area contributed by atoms with Gasteiger partial charge in [0.15, 0.2) is 0 Å². The molecule has 0 saturated carbocycles. The molecule has 1 heterocycles. The summed E-state index contributed by atoms with van der Waals surface area (Å²) in [5.41, 5.74) is 1.11. The van der Waals surface area contributed by atoms with Crippen LogP contribution in [0.5, 0.6) is 0 Å². The Balaban J connectivity index is 2.10. The van der Waals surface area contributed by atoms with E-state index >= 15 is 0 Å². The number of benzene rings is 5. The second-order valence-corrected chi connectivity index (χ2v) is 6.44. The Kier molecular flexibility index (Phi) is 2.15. The van der Waals surface area contributed by atoms with Crippen LogP contribution in [0.15, 0.2) is 79.0 Å². The predicted octanol–water partition coefficient (Wildman–Crippen LogP) is 6.29. The van der Waals surface area contributed by atoms with E-state index < -0.39 is 0 Å². The first-order valence-corrected chi connectivity index (χ1v) is 8.25. The van der Waals surface area contributed by atoms with Gasteiger partial charge < -0.3 is 0 Å². The Morgan fingerprint density at radius 2 is 1.21 bits per heavy atom. The van der Waals surface area contributed by atoms with Gasteiger partial charge in [-0.15, -0.1) is 0 Å². The molecule has 1 nitrogen and oxygen atoms in total. The van der Waals surface area contributed by atoms with Crippen LogP contribution in [0.4, 0.5) is 0 Å². The fourth-order valence-electron chi connectivity index (χ4n) is 4.23. The van der Waals surface area contributed by atoms with Gasteiger partial charge in [-0.25, -0.2) is 0 Å². The van der Waals surface area contributed by atoms with Gasteiger partial charge in [0.1, 0.15) is 0 Å². The van der Waals surface area contributed by atoms with E-state index in [2.05, 4.69) is 72.8 Å². The Hall–Kier alpha value is -3.19. The largest absolute Gasteiger partial charge is 0.256 e. The van der Waals surface area contributed by atoms with E-state index in [4.69, 9.17) is 4.98 Å². The Morgan fingerprint density at radius 1 is 0.500 bits per heavy atom. The molecule has 0 aliphatic rings. The molecule has 5 aromatic carbocycles. The minimum atomic E-state index is 1.11. The predicted molar refractivity (Wildman–Crippen MR) is 103 cm³/mol. The Labute approximate surface area is 138 Å². The summed E-state index contributed by atoms with van der Waals surface area (Å²) in [7, 11) is 0. The van der Waals surface area contributed by atoms with Gasteiger partial charge in [-0.2, -0.15) is 0 Å². The zero-order valence-electron chi connectivity index (χ0n) is 13.0. The highest BCUT2D eigenvalue weighted by Gasteiger charge is 2.14. The van der Waals surface area contributed by atoms with E-state index in [1.54, 1.807) is 0 Å². The third-order valence-electron chi connectivity index (χ3n) is 5.22. The van der Waals surface area contributed by atoms with Gasteiger partial charge >= 0.3 is 0 Å². The Morgan fingerprint density at radius 3 is 2.12 bits per heavy atom. The molecule has 6 rings (SSSR count). The van der Waals surface area contributed by atoms with Crippen molar-refractivity contribution >= 4 is 54.0 Å². The summed E-state index contributed by atoms with van der Waals surface area (Å²) < 4.78 is 0. The molecule has 0 N–H and O–H groups in total. The van der Waals surface area contributed by atoms with Gasteiger partial charge in [-0.1, -0.05) is 60.7 Å². The van der Waals surface area contributed by atoms with Crippen molar-refractivity contribution in [1.29, 1.82) is 0 Å².